The van der Waals surface area contributed by atoms with Crippen LogP contribution >= 0.6 is 22.6 Å². The second kappa shape index (κ2) is 6.62. The van der Waals surface area contributed by atoms with Crippen molar-refractivity contribution in [2.75, 3.05) is 33.9 Å². The lowest BCUT2D eigenvalue weighted by molar-refractivity contribution is 0.0654. The van der Waals surface area contributed by atoms with Gasteiger partial charge in [-0.3, -0.25) is 4.79 Å². The Kier molecular flexibility index (Phi) is 5.09. The molecule has 0 bridgehead atoms. The molecule has 0 saturated carbocycles. The summed E-state index contributed by atoms with van der Waals surface area (Å²) >= 11 is 2.16. The van der Waals surface area contributed by atoms with Crippen molar-refractivity contribution in [3.8, 4) is 11.5 Å². The first-order valence-electron chi connectivity index (χ1n) is 6.51. The largest absolute Gasteiger partial charge is 0.493 e. The molecule has 0 aromatic heterocycles. The zero-order valence-electron chi connectivity index (χ0n) is 11.9. The molecule has 1 heterocycles. The van der Waals surface area contributed by atoms with Gasteiger partial charge >= 0.3 is 0 Å². The van der Waals surface area contributed by atoms with Gasteiger partial charge in [0, 0.05) is 29.2 Å². The molecule has 0 spiro atoms. The Balaban J connectivity index is 2.34. The van der Waals surface area contributed by atoms with E-state index in [0.29, 0.717) is 17.1 Å². The van der Waals surface area contributed by atoms with Crippen LogP contribution in [0.3, 0.4) is 0 Å². The van der Waals surface area contributed by atoms with Crippen LogP contribution in [0.4, 0.5) is 0 Å². The number of carbonyl (C=O) groups excluding carboxylic acids is 1. The van der Waals surface area contributed by atoms with Crippen molar-refractivity contribution in [1.82, 2.24) is 10.2 Å². The molecule has 6 heteroatoms. The maximum Gasteiger partial charge on any atom is 0.255 e. The summed E-state index contributed by atoms with van der Waals surface area (Å²) in [5.41, 5.74) is 0.664. The van der Waals surface area contributed by atoms with Gasteiger partial charge in [-0.05, 0) is 41.6 Å². The lowest BCUT2D eigenvalue weighted by atomic mass is 10.1. The molecule has 1 fully saturated rings. The van der Waals surface area contributed by atoms with Crippen molar-refractivity contribution in [3.63, 3.8) is 0 Å². The fourth-order valence-electron chi connectivity index (χ4n) is 2.32. The number of rotatable bonds is 3. The molecule has 1 amide bonds. The van der Waals surface area contributed by atoms with Crippen LogP contribution in [0.15, 0.2) is 12.1 Å². The van der Waals surface area contributed by atoms with E-state index in [1.54, 1.807) is 20.3 Å². The van der Waals surface area contributed by atoms with Gasteiger partial charge in [0.2, 0.25) is 0 Å². The van der Waals surface area contributed by atoms with E-state index in [2.05, 4.69) is 34.8 Å². The Morgan fingerprint density at radius 3 is 2.60 bits per heavy atom. The molecule has 1 N–H and O–H groups in total. The highest BCUT2D eigenvalue weighted by Gasteiger charge is 2.26. The van der Waals surface area contributed by atoms with Gasteiger partial charge in [-0.25, -0.2) is 0 Å². The summed E-state index contributed by atoms with van der Waals surface area (Å²) in [5.74, 6) is 1.27. The zero-order chi connectivity index (χ0) is 14.7. The topological polar surface area (TPSA) is 50.8 Å². The van der Waals surface area contributed by atoms with Gasteiger partial charge < -0.3 is 19.7 Å². The monoisotopic (exact) mass is 390 g/mol. The van der Waals surface area contributed by atoms with Crippen LogP contribution in [-0.2, 0) is 0 Å². The standard InChI is InChI=1S/C14H19IN2O3/c1-9-8-16-4-5-17(9)14(18)10-6-12(19-2)13(20-3)7-11(10)15/h6-7,9,16H,4-5,8H2,1-3H3/t9-/m1/s1. The van der Waals surface area contributed by atoms with Crippen molar-refractivity contribution in [2.45, 2.75) is 13.0 Å². The summed E-state index contributed by atoms with van der Waals surface area (Å²) < 4.78 is 11.4. The summed E-state index contributed by atoms with van der Waals surface area (Å²) in [6.07, 6.45) is 0. The van der Waals surface area contributed by atoms with Crippen molar-refractivity contribution >= 4 is 28.5 Å². The summed E-state index contributed by atoms with van der Waals surface area (Å²) in [5, 5.41) is 3.29. The molecule has 2 rings (SSSR count). The number of nitrogens with zero attached hydrogens (tertiary/aromatic N) is 1. The van der Waals surface area contributed by atoms with Crippen LogP contribution in [0.2, 0.25) is 0 Å². The lowest BCUT2D eigenvalue weighted by Crippen LogP contribution is -2.52. The number of nitrogens with one attached hydrogen (secondary N) is 1. The minimum Gasteiger partial charge on any atom is -0.493 e. The number of carbonyl (C=O) groups is 1. The number of piperazine rings is 1. The smallest absolute Gasteiger partial charge is 0.255 e. The van der Waals surface area contributed by atoms with Crippen LogP contribution in [0.1, 0.15) is 17.3 Å². The van der Waals surface area contributed by atoms with Crippen molar-refractivity contribution < 1.29 is 14.3 Å². The van der Waals surface area contributed by atoms with Crippen LogP contribution in [0, 0.1) is 3.57 Å². The minimum absolute atomic E-state index is 0.0457. The fourth-order valence-corrected chi connectivity index (χ4v) is 2.98. The van der Waals surface area contributed by atoms with Crippen LogP contribution in [0.5, 0.6) is 11.5 Å². The third-order valence-corrected chi connectivity index (χ3v) is 4.36. The number of hydrogen-bond donors (Lipinski definition) is 1. The number of amides is 1. The van der Waals surface area contributed by atoms with Crippen LogP contribution in [-0.4, -0.2) is 50.7 Å². The number of hydrogen-bond acceptors (Lipinski definition) is 4. The summed E-state index contributed by atoms with van der Waals surface area (Å²) in [7, 11) is 3.17. The van der Waals surface area contributed by atoms with Crippen molar-refractivity contribution in [3.05, 3.63) is 21.3 Å². The SMILES string of the molecule is COc1cc(I)c(C(=O)N2CCNC[C@H]2C)cc1OC. The highest BCUT2D eigenvalue weighted by atomic mass is 127. The first-order chi connectivity index (χ1) is 9.58. The fraction of sp³-hybridized carbons (Fsp3) is 0.500. The molecule has 0 aliphatic carbocycles. The molecule has 0 unspecified atom stereocenters. The van der Waals surface area contributed by atoms with E-state index in [4.69, 9.17) is 9.47 Å². The maximum atomic E-state index is 12.7. The first-order valence-corrected chi connectivity index (χ1v) is 7.59. The highest BCUT2D eigenvalue weighted by Crippen LogP contribution is 2.32. The molecule has 1 aromatic rings. The summed E-state index contributed by atoms with van der Waals surface area (Å²) in [4.78, 5) is 14.6. The molecule has 0 radical (unpaired) electrons. The Morgan fingerprint density at radius 2 is 2.00 bits per heavy atom. The van der Waals surface area contributed by atoms with Crippen LogP contribution < -0.4 is 14.8 Å². The van der Waals surface area contributed by atoms with Gasteiger partial charge in [-0.2, -0.15) is 0 Å². The van der Waals surface area contributed by atoms with Gasteiger partial charge in [0.25, 0.3) is 5.91 Å². The quantitative estimate of drug-likeness (QED) is 0.800. The Hall–Kier alpha value is -1.02. The predicted molar refractivity (Wildman–Crippen MR) is 85.6 cm³/mol. The maximum absolute atomic E-state index is 12.7. The second-order valence-corrected chi connectivity index (χ2v) is 5.90. The normalized spacial score (nSPS) is 18.8. The molecule has 1 aliphatic heterocycles. The molecule has 1 atom stereocenters. The van der Waals surface area contributed by atoms with E-state index in [-0.39, 0.29) is 11.9 Å². The Morgan fingerprint density at radius 1 is 1.35 bits per heavy atom. The number of benzene rings is 1. The van der Waals surface area contributed by atoms with Crippen molar-refractivity contribution in [1.29, 1.82) is 0 Å². The molecule has 110 valence electrons. The second-order valence-electron chi connectivity index (χ2n) is 4.74. The van der Waals surface area contributed by atoms with Crippen LogP contribution in [0.25, 0.3) is 0 Å². The van der Waals surface area contributed by atoms with E-state index in [0.717, 1.165) is 23.2 Å². The van der Waals surface area contributed by atoms with E-state index in [1.807, 2.05) is 11.0 Å². The van der Waals surface area contributed by atoms with Gasteiger partial charge in [0.1, 0.15) is 0 Å². The Labute approximate surface area is 132 Å². The molecule has 1 saturated heterocycles. The number of methoxy groups -OCH3 is 2. The Bertz CT molecular complexity index is 507. The van der Waals surface area contributed by atoms with Gasteiger partial charge in [-0.1, -0.05) is 0 Å². The van der Waals surface area contributed by atoms with Crippen molar-refractivity contribution in [2.24, 2.45) is 0 Å². The molecule has 1 aliphatic rings. The molecule has 20 heavy (non-hydrogen) atoms. The molecule has 1 aromatic carbocycles. The van der Waals surface area contributed by atoms with Gasteiger partial charge in [0.15, 0.2) is 11.5 Å². The highest BCUT2D eigenvalue weighted by molar-refractivity contribution is 14.1. The lowest BCUT2D eigenvalue weighted by Gasteiger charge is -2.34. The van der Waals surface area contributed by atoms with E-state index >= 15 is 0 Å². The third-order valence-electron chi connectivity index (χ3n) is 3.47. The first kappa shape index (κ1) is 15.4. The average Bonchev–Trinajstić information content (AvgIpc) is 2.46. The van der Waals surface area contributed by atoms with E-state index < -0.39 is 0 Å². The number of ether oxygens (including phenoxy) is 2. The number of halogens is 1. The van der Waals surface area contributed by atoms with Gasteiger partial charge in [0.05, 0.1) is 19.8 Å². The minimum atomic E-state index is 0.0457. The van der Waals surface area contributed by atoms with Gasteiger partial charge in [-0.15, -0.1) is 0 Å². The molecular weight excluding hydrogens is 371 g/mol. The van der Waals surface area contributed by atoms with E-state index in [1.165, 1.54) is 0 Å². The van der Waals surface area contributed by atoms with E-state index in [9.17, 15) is 4.79 Å². The summed E-state index contributed by atoms with van der Waals surface area (Å²) in [6, 6.07) is 3.79. The predicted octanol–water partition coefficient (Wildman–Crippen LogP) is 1.74. The third kappa shape index (κ3) is 3.01. The summed E-state index contributed by atoms with van der Waals surface area (Å²) in [6.45, 7) is 4.44. The average molecular weight is 390 g/mol. The molecule has 5 nitrogen and oxygen atoms in total. The molecular formula is C14H19IN2O3. The zero-order valence-corrected chi connectivity index (χ0v) is 14.1.